The molecule has 3 rings (SSSR count). The Kier molecular flexibility index (Phi) is 8.51. The van der Waals surface area contributed by atoms with Crippen molar-refractivity contribution in [1.29, 1.82) is 0 Å². The van der Waals surface area contributed by atoms with Crippen LogP contribution in [0, 0.1) is 5.92 Å². The number of hydrogen-bond acceptors (Lipinski definition) is 4. The van der Waals surface area contributed by atoms with Crippen LogP contribution < -0.4 is 10.6 Å². The van der Waals surface area contributed by atoms with E-state index >= 15 is 0 Å². The second-order valence-electron chi connectivity index (χ2n) is 8.24. The topological polar surface area (TPSA) is 73.9 Å². The number of nitrogens with one attached hydrogen (secondary N) is 2. The molecular formula is C23H36N4O3. The highest BCUT2D eigenvalue weighted by molar-refractivity contribution is 5.89. The zero-order valence-electron chi connectivity index (χ0n) is 18.4. The number of carbonyl (C=O) groups is 2. The molecule has 2 aliphatic heterocycles. The van der Waals surface area contributed by atoms with E-state index < -0.39 is 0 Å². The first-order chi connectivity index (χ1) is 14.6. The molecule has 2 heterocycles. The summed E-state index contributed by atoms with van der Waals surface area (Å²) >= 11 is 0. The van der Waals surface area contributed by atoms with Crippen LogP contribution in [0.4, 0.5) is 10.5 Å². The maximum absolute atomic E-state index is 12.5. The highest BCUT2D eigenvalue weighted by Gasteiger charge is 2.27. The number of carbonyl (C=O) groups excluding carboxylic acids is 2. The number of anilines is 1. The predicted octanol–water partition coefficient (Wildman–Crippen LogP) is 3.07. The van der Waals surface area contributed by atoms with Crippen molar-refractivity contribution in [3.63, 3.8) is 0 Å². The summed E-state index contributed by atoms with van der Waals surface area (Å²) in [7, 11) is 0. The number of rotatable bonds is 9. The minimum absolute atomic E-state index is 0.179. The lowest BCUT2D eigenvalue weighted by molar-refractivity contribution is -0.128. The molecule has 2 aliphatic rings. The molecule has 0 aromatic heterocycles. The fourth-order valence-electron chi connectivity index (χ4n) is 4.49. The molecule has 1 aromatic rings. The molecule has 0 saturated carbocycles. The van der Waals surface area contributed by atoms with Crippen molar-refractivity contribution in [2.45, 2.75) is 52.1 Å². The lowest BCUT2D eigenvalue weighted by Gasteiger charge is -2.38. The maximum atomic E-state index is 12.5. The van der Waals surface area contributed by atoms with Gasteiger partial charge in [0.25, 0.3) is 0 Å². The van der Waals surface area contributed by atoms with Gasteiger partial charge in [-0.2, -0.15) is 0 Å². The van der Waals surface area contributed by atoms with Crippen LogP contribution in [0.1, 0.15) is 45.1 Å². The summed E-state index contributed by atoms with van der Waals surface area (Å²) in [5, 5.41) is 6.00. The first-order valence-corrected chi connectivity index (χ1v) is 11.3. The first-order valence-electron chi connectivity index (χ1n) is 11.3. The fourth-order valence-corrected chi connectivity index (χ4v) is 4.49. The summed E-state index contributed by atoms with van der Waals surface area (Å²) in [5.41, 5.74) is 1.84. The van der Waals surface area contributed by atoms with Crippen molar-refractivity contribution in [3.05, 3.63) is 29.8 Å². The molecule has 7 heteroatoms. The van der Waals surface area contributed by atoms with E-state index in [1.54, 1.807) is 0 Å². The minimum Gasteiger partial charge on any atom is -0.379 e. The lowest BCUT2D eigenvalue weighted by atomic mass is 9.92. The zero-order valence-corrected chi connectivity index (χ0v) is 18.4. The number of morpholine rings is 1. The van der Waals surface area contributed by atoms with E-state index in [0.717, 1.165) is 63.4 Å². The molecule has 1 aromatic carbocycles. The number of nitrogens with zero attached hydrogens (tertiary/aromatic N) is 2. The van der Waals surface area contributed by atoms with Gasteiger partial charge in [-0.15, -0.1) is 0 Å². The molecule has 0 radical (unpaired) electrons. The molecule has 0 aliphatic carbocycles. The highest BCUT2D eigenvalue weighted by Crippen LogP contribution is 2.20. The molecule has 0 spiro atoms. The fraction of sp³-hybridized carbons (Fsp3) is 0.652. The number of benzene rings is 1. The van der Waals surface area contributed by atoms with Crippen molar-refractivity contribution in [2.75, 3.05) is 44.7 Å². The van der Waals surface area contributed by atoms with Gasteiger partial charge in [-0.05, 0) is 30.0 Å². The summed E-state index contributed by atoms with van der Waals surface area (Å²) in [4.78, 5) is 28.6. The van der Waals surface area contributed by atoms with Crippen molar-refractivity contribution in [3.8, 4) is 0 Å². The Balaban J connectivity index is 1.50. The molecule has 1 unspecified atom stereocenters. The number of amides is 3. The van der Waals surface area contributed by atoms with E-state index in [4.69, 9.17) is 4.74 Å². The summed E-state index contributed by atoms with van der Waals surface area (Å²) in [6.45, 7) is 9.92. The van der Waals surface area contributed by atoms with Crippen molar-refractivity contribution in [1.82, 2.24) is 15.1 Å². The summed E-state index contributed by atoms with van der Waals surface area (Å²) in [6.07, 6.45) is 3.80. The van der Waals surface area contributed by atoms with Crippen LogP contribution in [0.3, 0.4) is 0 Å². The summed E-state index contributed by atoms with van der Waals surface area (Å²) < 4.78 is 5.50. The van der Waals surface area contributed by atoms with Gasteiger partial charge in [-0.1, -0.05) is 38.8 Å². The van der Waals surface area contributed by atoms with Crippen LogP contribution in [0.15, 0.2) is 24.3 Å². The van der Waals surface area contributed by atoms with Crippen LogP contribution in [-0.4, -0.2) is 67.2 Å². The Labute approximate surface area is 180 Å². The van der Waals surface area contributed by atoms with Gasteiger partial charge in [-0.25, -0.2) is 4.79 Å². The molecule has 2 N–H and O–H groups in total. The third-order valence-corrected chi connectivity index (χ3v) is 6.34. The zero-order chi connectivity index (χ0) is 21.3. The van der Waals surface area contributed by atoms with Gasteiger partial charge in [0.05, 0.1) is 13.2 Å². The lowest BCUT2D eigenvalue weighted by Crippen LogP contribution is -2.52. The van der Waals surface area contributed by atoms with Crippen LogP contribution >= 0.6 is 0 Å². The summed E-state index contributed by atoms with van der Waals surface area (Å²) in [6, 6.07) is 7.90. The van der Waals surface area contributed by atoms with E-state index in [9.17, 15) is 9.59 Å². The quantitative estimate of drug-likeness (QED) is 0.649. The van der Waals surface area contributed by atoms with Gasteiger partial charge in [-0.3, -0.25) is 9.69 Å². The SMILES string of the molecule is CCC(CC)C(CNC(=O)Nc1ccc(CN2CCCC2=O)cc1)N1CCOCC1. The predicted molar refractivity (Wildman–Crippen MR) is 118 cm³/mol. The van der Waals surface area contributed by atoms with Gasteiger partial charge in [0.2, 0.25) is 5.91 Å². The normalized spacial score (nSPS) is 18.6. The Hall–Kier alpha value is -2.12. The van der Waals surface area contributed by atoms with E-state index in [1.165, 1.54) is 0 Å². The summed E-state index contributed by atoms with van der Waals surface area (Å²) in [5.74, 6) is 0.778. The van der Waals surface area contributed by atoms with Gasteiger partial charge in [0.15, 0.2) is 0 Å². The average molecular weight is 417 g/mol. The standard InChI is InChI=1S/C23H36N4O3/c1-3-19(4-2)21(26-12-14-30-15-13-26)16-24-23(29)25-20-9-7-18(8-10-20)17-27-11-5-6-22(27)28/h7-10,19,21H,3-6,11-17H2,1-2H3,(H2,24,25,29). The van der Waals surface area contributed by atoms with Crippen molar-refractivity contribution < 1.29 is 14.3 Å². The number of hydrogen-bond donors (Lipinski definition) is 2. The molecule has 0 bridgehead atoms. The van der Waals surface area contributed by atoms with E-state index in [-0.39, 0.29) is 11.9 Å². The van der Waals surface area contributed by atoms with Crippen LogP contribution in [-0.2, 0) is 16.1 Å². The monoisotopic (exact) mass is 416 g/mol. The number of ether oxygens (including phenoxy) is 1. The maximum Gasteiger partial charge on any atom is 0.319 e. The van der Waals surface area contributed by atoms with Crippen molar-refractivity contribution in [2.24, 2.45) is 5.92 Å². The third-order valence-electron chi connectivity index (χ3n) is 6.34. The van der Waals surface area contributed by atoms with E-state index in [2.05, 4.69) is 29.4 Å². The molecule has 166 valence electrons. The number of urea groups is 1. The smallest absolute Gasteiger partial charge is 0.319 e. The second kappa shape index (κ2) is 11.3. The molecule has 1 atom stereocenters. The Morgan fingerprint density at radius 1 is 1.10 bits per heavy atom. The molecule has 30 heavy (non-hydrogen) atoms. The van der Waals surface area contributed by atoms with E-state index in [0.29, 0.717) is 31.5 Å². The molecular weight excluding hydrogens is 380 g/mol. The van der Waals surface area contributed by atoms with Gasteiger partial charge in [0.1, 0.15) is 0 Å². The van der Waals surface area contributed by atoms with Crippen molar-refractivity contribution >= 4 is 17.6 Å². The van der Waals surface area contributed by atoms with Gasteiger partial charge >= 0.3 is 6.03 Å². The number of likely N-dealkylation sites (tertiary alicyclic amines) is 1. The van der Waals surface area contributed by atoms with Crippen LogP contribution in [0.2, 0.25) is 0 Å². The average Bonchev–Trinajstić information content (AvgIpc) is 3.17. The largest absolute Gasteiger partial charge is 0.379 e. The highest BCUT2D eigenvalue weighted by atomic mass is 16.5. The van der Waals surface area contributed by atoms with Crippen LogP contribution in [0.5, 0.6) is 0 Å². The Morgan fingerprint density at radius 2 is 1.80 bits per heavy atom. The Bertz CT molecular complexity index is 684. The molecule has 7 nitrogen and oxygen atoms in total. The first kappa shape index (κ1) is 22.6. The minimum atomic E-state index is -0.179. The molecule has 2 saturated heterocycles. The van der Waals surface area contributed by atoms with E-state index in [1.807, 2.05) is 29.2 Å². The molecule has 2 fully saturated rings. The third kappa shape index (κ3) is 6.19. The molecule has 3 amide bonds. The Morgan fingerprint density at radius 3 is 2.40 bits per heavy atom. The second-order valence-corrected chi connectivity index (χ2v) is 8.24. The van der Waals surface area contributed by atoms with Gasteiger partial charge < -0.3 is 20.3 Å². The van der Waals surface area contributed by atoms with Crippen LogP contribution in [0.25, 0.3) is 0 Å². The van der Waals surface area contributed by atoms with Gasteiger partial charge in [0, 0.05) is 50.9 Å².